The van der Waals surface area contributed by atoms with Crippen molar-refractivity contribution in [3.05, 3.63) is 52.3 Å². The predicted octanol–water partition coefficient (Wildman–Crippen LogP) is 3.89. The lowest BCUT2D eigenvalue weighted by Crippen LogP contribution is -2.59. The second-order valence-electron chi connectivity index (χ2n) is 11.0. The van der Waals surface area contributed by atoms with Gasteiger partial charge in [-0.1, -0.05) is 15.9 Å². The second-order valence-corrected chi connectivity index (χ2v) is 14.1. The van der Waals surface area contributed by atoms with Gasteiger partial charge in [0.1, 0.15) is 25.6 Å². The number of sulfone groups is 1. The normalized spacial score (nSPS) is 31.1. The Hall–Kier alpha value is -1.50. The fourth-order valence-corrected chi connectivity index (χ4v) is 7.52. The number of allylic oxidation sites excluding steroid dienone is 1. The van der Waals surface area contributed by atoms with Crippen LogP contribution in [0.2, 0.25) is 0 Å². The summed E-state index contributed by atoms with van der Waals surface area (Å²) in [6, 6.07) is 7.03. The standard InChI is InChI=1S/C28H39BrFN3O5S/c1-18(39(34,35)24-7-4-21(29)5-8-24)38-23(15-30)17-37-22-6-10-25-19(13-22)3-9-26(32-25)20-14-27-28(31-16-20)33(2)11-12-36-27/h4-8,16,18-19,23,25-28,31-32H,3,9-15,17H2,1-2H3. The molecule has 0 radical (unpaired) electrons. The molecular formula is C28H39BrFN3O5S. The van der Waals surface area contributed by atoms with E-state index < -0.39 is 28.1 Å². The van der Waals surface area contributed by atoms with Crippen molar-refractivity contribution >= 4 is 25.8 Å². The second kappa shape index (κ2) is 12.6. The number of rotatable bonds is 9. The molecule has 0 aromatic heterocycles. The number of benzene rings is 1. The van der Waals surface area contributed by atoms with Crippen molar-refractivity contribution in [2.45, 2.75) is 79.8 Å². The fourth-order valence-electron chi connectivity index (χ4n) is 6.05. The molecule has 0 spiro atoms. The molecule has 1 aliphatic carbocycles. The summed E-state index contributed by atoms with van der Waals surface area (Å²) < 4.78 is 57.9. The van der Waals surface area contributed by atoms with E-state index in [0.717, 1.165) is 55.5 Å². The molecular weight excluding hydrogens is 589 g/mol. The van der Waals surface area contributed by atoms with Gasteiger partial charge in [0.25, 0.3) is 0 Å². The molecule has 7 atom stereocenters. The first kappa shape index (κ1) is 29.0. The van der Waals surface area contributed by atoms with Crippen LogP contribution in [0.5, 0.6) is 0 Å². The summed E-state index contributed by atoms with van der Waals surface area (Å²) in [4.78, 5) is 2.46. The lowest BCUT2D eigenvalue weighted by molar-refractivity contribution is -0.0727. The average Bonchev–Trinajstić information content (AvgIpc) is 2.95. The van der Waals surface area contributed by atoms with Crippen LogP contribution in [0.4, 0.5) is 4.39 Å². The Labute approximate surface area is 239 Å². The third-order valence-electron chi connectivity index (χ3n) is 8.39. The minimum absolute atomic E-state index is 0.0223. The molecule has 216 valence electrons. The summed E-state index contributed by atoms with van der Waals surface area (Å²) in [6.45, 7) is 2.31. The first-order valence-electron chi connectivity index (χ1n) is 13.8. The number of hydrogen-bond donors (Lipinski definition) is 2. The van der Waals surface area contributed by atoms with Gasteiger partial charge in [-0.25, -0.2) is 12.8 Å². The van der Waals surface area contributed by atoms with E-state index in [1.807, 2.05) is 0 Å². The molecule has 39 heavy (non-hydrogen) atoms. The van der Waals surface area contributed by atoms with Crippen LogP contribution in [-0.2, 0) is 24.0 Å². The molecule has 5 rings (SSSR count). The van der Waals surface area contributed by atoms with Gasteiger partial charge in [0.05, 0.1) is 23.4 Å². The molecule has 2 saturated heterocycles. The maximum atomic E-state index is 13.8. The summed E-state index contributed by atoms with van der Waals surface area (Å²) in [7, 11) is -1.61. The molecule has 3 aliphatic heterocycles. The van der Waals surface area contributed by atoms with E-state index >= 15 is 0 Å². The minimum Gasteiger partial charge on any atom is -0.495 e. The Morgan fingerprint density at radius 3 is 2.79 bits per heavy atom. The first-order valence-corrected chi connectivity index (χ1v) is 16.1. The Balaban J connectivity index is 1.11. The van der Waals surface area contributed by atoms with Crippen molar-refractivity contribution in [3.63, 3.8) is 0 Å². The van der Waals surface area contributed by atoms with Gasteiger partial charge in [-0.3, -0.25) is 4.90 Å². The Morgan fingerprint density at radius 1 is 1.23 bits per heavy atom. The van der Waals surface area contributed by atoms with E-state index in [9.17, 15) is 12.8 Å². The van der Waals surface area contributed by atoms with Crippen LogP contribution < -0.4 is 10.6 Å². The summed E-state index contributed by atoms with van der Waals surface area (Å²) in [5, 5.41) is 7.41. The number of ether oxygens (including phenoxy) is 3. The van der Waals surface area contributed by atoms with E-state index in [0.29, 0.717) is 18.0 Å². The van der Waals surface area contributed by atoms with Gasteiger partial charge in [-0.05, 0) is 81.3 Å². The minimum atomic E-state index is -3.75. The lowest BCUT2D eigenvalue weighted by atomic mass is 9.78. The predicted molar refractivity (Wildman–Crippen MR) is 150 cm³/mol. The van der Waals surface area contributed by atoms with Gasteiger partial charge in [0, 0.05) is 35.9 Å². The SMILES string of the molecule is CC(OC(CF)COC1=CCC2NC(C3=CNC4C(C3)OCCN4C)CCC2C1)S(=O)(=O)c1ccc(Br)cc1. The van der Waals surface area contributed by atoms with Crippen LogP contribution in [0.3, 0.4) is 0 Å². The molecule has 8 nitrogen and oxygen atoms in total. The molecule has 7 unspecified atom stereocenters. The monoisotopic (exact) mass is 627 g/mol. The number of likely N-dealkylation sites (N-methyl/N-ethyl adjacent to an activating group) is 1. The highest BCUT2D eigenvalue weighted by Gasteiger charge is 2.38. The highest BCUT2D eigenvalue weighted by molar-refractivity contribution is 9.10. The summed E-state index contributed by atoms with van der Waals surface area (Å²) >= 11 is 3.30. The number of hydrogen-bond acceptors (Lipinski definition) is 8. The maximum Gasteiger partial charge on any atom is 0.204 e. The zero-order chi connectivity index (χ0) is 27.6. The lowest BCUT2D eigenvalue weighted by Gasteiger charge is -2.45. The molecule has 2 fully saturated rings. The maximum absolute atomic E-state index is 13.8. The number of alkyl halides is 1. The fraction of sp³-hybridized carbons (Fsp3) is 0.643. The number of fused-ring (bicyclic) bond motifs is 2. The molecule has 0 amide bonds. The van der Waals surface area contributed by atoms with Crippen LogP contribution >= 0.6 is 15.9 Å². The molecule has 0 saturated carbocycles. The van der Waals surface area contributed by atoms with E-state index in [1.54, 1.807) is 12.1 Å². The zero-order valence-corrected chi connectivity index (χ0v) is 24.9. The number of halogens is 2. The summed E-state index contributed by atoms with van der Waals surface area (Å²) in [5.41, 5.74) is 0.191. The van der Waals surface area contributed by atoms with E-state index in [-0.39, 0.29) is 23.8 Å². The number of morpholine rings is 1. The first-order chi connectivity index (χ1) is 18.7. The number of piperidine rings is 1. The largest absolute Gasteiger partial charge is 0.495 e. The van der Waals surface area contributed by atoms with Crippen molar-refractivity contribution < 1.29 is 27.0 Å². The highest BCUT2D eigenvalue weighted by Crippen LogP contribution is 2.36. The third-order valence-corrected chi connectivity index (χ3v) is 10.8. The van der Waals surface area contributed by atoms with Gasteiger partial charge < -0.3 is 24.8 Å². The van der Waals surface area contributed by atoms with E-state index in [4.69, 9.17) is 14.2 Å². The van der Waals surface area contributed by atoms with Crippen molar-refractivity contribution in [2.24, 2.45) is 5.92 Å². The topological polar surface area (TPSA) is 89.1 Å². The van der Waals surface area contributed by atoms with Crippen LogP contribution in [0.1, 0.15) is 39.0 Å². The van der Waals surface area contributed by atoms with Crippen molar-refractivity contribution in [2.75, 3.05) is 33.5 Å². The third kappa shape index (κ3) is 6.70. The Bertz CT molecular complexity index is 1160. The Morgan fingerprint density at radius 2 is 2.03 bits per heavy atom. The van der Waals surface area contributed by atoms with E-state index in [2.05, 4.69) is 50.8 Å². The molecule has 2 N–H and O–H groups in total. The van der Waals surface area contributed by atoms with Crippen molar-refractivity contribution in [1.82, 2.24) is 15.5 Å². The van der Waals surface area contributed by atoms with Crippen LogP contribution in [0.15, 0.2) is 57.2 Å². The van der Waals surface area contributed by atoms with E-state index in [1.165, 1.54) is 24.6 Å². The smallest absolute Gasteiger partial charge is 0.204 e. The molecule has 4 aliphatic rings. The van der Waals surface area contributed by atoms with Crippen LogP contribution in [-0.4, -0.2) is 82.7 Å². The van der Waals surface area contributed by atoms with Crippen molar-refractivity contribution in [1.29, 1.82) is 0 Å². The van der Waals surface area contributed by atoms with Crippen LogP contribution in [0, 0.1) is 5.92 Å². The summed E-state index contributed by atoms with van der Waals surface area (Å²) in [6.07, 6.45) is 8.45. The molecule has 1 aromatic rings. The van der Waals surface area contributed by atoms with Crippen molar-refractivity contribution in [3.8, 4) is 0 Å². The van der Waals surface area contributed by atoms with Gasteiger partial charge in [-0.15, -0.1) is 0 Å². The van der Waals surface area contributed by atoms with Gasteiger partial charge in [-0.2, -0.15) is 0 Å². The highest BCUT2D eigenvalue weighted by atomic mass is 79.9. The molecule has 1 aromatic carbocycles. The van der Waals surface area contributed by atoms with Gasteiger partial charge in [0.2, 0.25) is 9.84 Å². The van der Waals surface area contributed by atoms with Gasteiger partial charge >= 0.3 is 0 Å². The molecule has 0 bridgehead atoms. The number of nitrogens with zero attached hydrogens (tertiary/aromatic N) is 1. The molecule has 3 heterocycles. The quantitative estimate of drug-likeness (QED) is 0.426. The van der Waals surface area contributed by atoms with Crippen LogP contribution in [0.25, 0.3) is 0 Å². The van der Waals surface area contributed by atoms with Gasteiger partial charge in [0.15, 0.2) is 5.44 Å². The average molecular weight is 629 g/mol. The Kier molecular flexibility index (Phi) is 9.35. The summed E-state index contributed by atoms with van der Waals surface area (Å²) in [5.74, 6) is 1.28. The zero-order valence-electron chi connectivity index (χ0n) is 22.5. The molecule has 11 heteroatoms. The number of nitrogens with one attached hydrogen (secondary N) is 2.